The van der Waals surface area contributed by atoms with Crippen LogP contribution in [0.5, 0.6) is 0 Å². The van der Waals surface area contributed by atoms with Gasteiger partial charge in [0.25, 0.3) is 0 Å². The summed E-state index contributed by atoms with van der Waals surface area (Å²) in [6.07, 6.45) is 0. The summed E-state index contributed by atoms with van der Waals surface area (Å²) in [6, 6.07) is 0. The van der Waals surface area contributed by atoms with Crippen LogP contribution in [0.25, 0.3) is 0 Å². The Bertz CT molecular complexity index is 32.5. The van der Waals surface area contributed by atoms with E-state index in [0.717, 1.165) is 0 Å². The smallest absolute Gasteiger partial charge is 0.0689 e. The van der Waals surface area contributed by atoms with E-state index in [2.05, 4.69) is 0 Å². The molecule has 0 bridgehead atoms. The molecule has 0 aromatic heterocycles. The van der Waals surface area contributed by atoms with Crippen molar-refractivity contribution in [3.63, 3.8) is 0 Å². The Morgan fingerprint density at radius 3 is 0.727 bits per heavy atom. The van der Waals surface area contributed by atoms with Gasteiger partial charge in [0.1, 0.15) is 0 Å². The van der Waals surface area contributed by atoms with Gasteiger partial charge in [-0.1, -0.05) is 0 Å². The molecule has 0 atom stereocenters. The third kappa shape index (κ3) is 8000. The van der Waals surface area contributed by atoms with Crippen LogP contribution in [0.4, 0.5) is 0 Å². The van der Waals surface area contributed by atoms with Crippen LogP contribution in [0.15, 0.2) is 0 Å². The SMILES string of the molecule is O.O.O.O.O.O.O=[N+]([O-])[O-].[Sm]. The molecule has 0 aliphatic rings. The molecule has 0 aromatic rings. The van der Waals surface area contributed by atoms with Gasteiger partial charge in [-0.05, 0) is 0 Å². The van der Waals surface area contributed by atoms with Crippen molar-refractivity contribution in [2.75, 3.05) is 0 Å². The molecule has 0 radical (unpaired) electrons. The van der Waals surface area contributed by atoms with Crippen molar-refractivity contribution in [3.05, 3.63) is 15.3 Å². The number of hydrogen-bond acceptors (Lipinski definition) is 3. The minimum Gasteiger partial charge on any atom is -0.412 e. The Kier molecular flexibility index (Phi) is 820. The Balaban J connectivity index is -0.00000000214. The largest absolute Gasteiger partial charge is 0.412 e. The first-order valence-electron chi connectivity index (χ1n) is 0.548. The maximum absolute atomic E-state index is 8.25. The zero-order chi connectivity index (χ0) is 3.58. The molecule has 0 amide bonds. The molecule has 0 saturated heterocycles. The molecule has 0 rings (SSSR count). The molecule has 78 valence electrons. The standard InChI is InChI=1S/NO3.6H2O.Sm/c2-1(3)4;;;;;;;/h;6*1H2;/q-1;;;;;;;. The Morgan fingerprint density at radius 2 is 0.727 bits per heavy atom. The second kappa shape index (κ2) is 81.9. The van der Waals surface area contributed by atoms with Gasteiger partial charge in [0.15, 0.2) is 0 Å². The van der Waals surface area contributed by atoms with Crippen LogP contribution in [-0.4, -0.2) is 37.9 Å². The molecule has 0 unspecified atom stereocenters. The van der Waals surface area contributed by atoms with Crippen molar-refractivity contribution in [1.29, 1.82) is 0 Å². The monoisotopic (exact) mass is 322 g/mol. The number of rotatable bonds is 0. The molecular weight excluding hydrogens is 308 g/mol. The molecule has 0 saturated carbocycles. The van der Waals surface area contributed by atoms with Crippen LogP contribution >= 0.6 is 0 Å². The molecule has 0 aromatic carbocycles. The van der Waals surface area contributed by atoms with Gasteiger partial charge in [0.2, 0.25) is 0 Å². The Morgan fingerprint density at radius 1 is 0.727 bits per heavy atom. The first-order valence-corrected chi connectivity index (χ1v) is 0.548. The molecule has 12 N–H and O–H groups in total. The fraction of sp³-hybridized carbons (Fsp3) is 0. The van der Waals surface area contributed by atoms with Crippen LogP contribution < -0.4 is 0 Å². The molecule has 0 aliphatic heterocycles. The van der Waals surface area contributed by atoms with E-state index in [-0.39, 0.29) is 73.2 Å². The van der Waals surface area contributed by atoms with E-state index in [1.165, 1.54) is 0 Å². The van der Waals surface area contributed by atoms with Crippen molar-refractivity contribution in [3.8, 4) is 0 Å². The molecular formula is H12NO9Sm-. The summed E-state index contributed by atoms with van der Waals surface area (Å²) >= 11 is 0. The van der Waals surface area contributed by atoms with Gasteiger partial charge in [-0.2, -0.15) is 0 Å². The molecule has 10 nitrogen and oxygen atoms in total. The van der Waals surface area contributed by atoms with E-state index >= 15 is 0 Å². The van der Waals surface area contributed by atoms with Crippen molar-refractivity contribution >= 4 is 0 Å². The van der Waals surface area contributed by atoms with Gasteiger partial charge in [0.05, 0.1) is 5.09 Å². The van der Waals surface area contributed by atoms with Crippen molar-refractivity contribution in [1.82, 2.24) is 0 Å². The summed E-state index contributed by atoms with van der Waals surface area (Å²) in [4.78, 5) is 8.25. The normalized spacial score (nSPS) is 2.18. The zero-order valence-corrected chi connectivity index (χ0v) is 7.70. The summed E-state index contributed by atoms with van der Waals surface area (Å²) in [7, 11) is 0. The summed E-state index contributed by atoms with van der Waals surface area (Å²) in [5, 5.41) is 14.8. The van der Waals surface area contributed by atoms with Gasteiger partial charge >= 0.3 is 0 Å². The second-order valence-corrected chi connectivity index (χ2v) is 0.224. The fourth-order valence-electron chi connectivity index (χ4n) is 0. The maximum Gasteiger partial charge on any atom is 0.0689 e. The third-order valence-corrected chi connectivity index (χ3v) is 0. The average molecular weight is 320 g/mol. The molecule has 0 spiro atoms. The average Bonchev–Trinajstić information content (AvgIpc) is 0.811. The Hall–Kier alpha value is 0.298. The van der Waals surface area contributed by atoms with Crippen molar-refractivity contribution in [2.45, 2.75) is 0 Å². The number of nitrogens with zero attached hydrogens (tertiary/aromatic N) is 1. The van der Waals surface area contributed by atoms with Gasteiger partial charge < -0.3 is 48.2 Å². The predicted molar refractivity (Wildman–Crippen MR) is 32.0 cm³/mol. The van der Waals surface area contributed by atoms with Gasteiger partial charge in [-0.3, -0.25) is 0 Å². The van der Waals surface area contributed by atoms with Gasteiger partial charge in [-0.15, -0.1) is 0 Å². The Labute approximate surface area is 93.3 Å². The van der Waals surface area contributed by atoms with E-state index in [1.54, 1.807) is 0 Å². The van der Waals surface area contributed by atoms with E-state index in [1.807, 2.05) is 0 Å². The quantitative estimate of drug-likeness (QED) is 0.313. The molecule has 0 fully saturated rings. The minimum absolute atomic E-state index is 0. The van der Waals surface area contributed by atoms with Crippen LogP contribution in [0.2, 0.25) is 0 Å². The summed E-state index contributed by atoms with van der Waals surface area (Å²) in [5.74, 6) is 0. The van der Waals surface area contributed by atoms with E-state index in [0.29, 0.717) is 0 Å². The van der Waals surface area contributed by atoms with Crippen molar-refractivity contribution in [2.24, 2.45) is 0 Å². The fourth-order valence-corrected chi connectivity index (χ4v) is 0. The first-order chi connectivity index (χ1) is 1.73. The summed E-state index contributed by atoms with van der Waals surface area (Å²) in [5.41, 5.74) is 0. The van der Waals surface area contributed by atoms with E-state index in [9.17, 15) is 0 Å². The van der Waals surface area contributed by atoms with Crippen LogP contribution in [0.1, 0.15) is 0 Å². The third-order valence-electron chi connectivity index (χ3n) is 0. The van der Waals surface area contributed by atoms with Crippen LogP contribution in [0, 0.1) is 55.7 Å². The predicted octanol–water partition coefficient (Wildman–Crippen LogP) is -5.19. The summed E-state index contributed by atoms with van der Waals surface area (Å²) in [6.45, 7) is 0. The first kappa shape index (κ1) is 110. The molecule has 11 heavy (non-hydrogen) atoms. The van der Waals surface area contributed by atoms with E-state index in [4.69, 9.17) is 15.3 Å². The topological polar surface area (TPSA) is 255 Å². The molecule has 11 heteroatoms. The van der Waals surface area contributed by atoms with Gasteiger partial charge in [0, 0.05) is 40.4 Å². The second-order valence-electron chi connectivity index (χ2n) is 0.224. The number of hydrogen-bond donors (Lipinski definition) is 0. The minimum atomic E-state index is -1.75. The molecule has 0 heterocycles. The maximum atomic E-state index is 8.25. The summed E-state index contributed by atoms with van der Waals surface area (Å²) < 4.78 is 0. The van der Waals surface area contributed by atoms with Crippen molar-refractivity contribution < 1.29 is 78.3 Å². The van der Waals surface area contributed by atoms with E-state index < -0.39 is 5.09 Å². The van der Waals surface area contributed by atoms with Gasteiger partial charge in [-0.25, -0.2) is 0 Å². The van der Waals surface area contributed by atoms with Crippen LogP contribution in [0.3, 0.4) is 0 Å². The molecule has 0 aliphatic carbocycles. The zero-order valence-electron chi connectivity index (χ0n) is 5.08. The van der Waals surface area contributed by atoms with Crippen LogP contribution in [-0.2, 0) is 0 Å².